The first-order valence-corrected chi connectivity index (χ1v) is 7.23. The van der Waals surface area contributed by atoms with Gasteiger partial charge in [-0.2, -0.15) is 0 Å². The van der Waals surface area contributed by atoms with Crippen molar-refractivity contribution in [2.24, 2.45) is 11.8 Å². The Morgan fingerprint density at radius 1 is 1.16 bits per heavy atom. The Kier molecular flexibility index (Phi) is 6.12. The predicted molar refractivity (Wildman–Crippen MR) is 73.8 cm³/mol. The standard InChI is InChI=1S/C12H20N2O3.C2H6/c1-9-3-4-13(5-9)12(16)17-8-11-6-14(7-11)10(2)15;1-2/h9,11H,3-8H2,1-2H3;1-2H3. The number of likely N-dealkylation sites (tertiary alicyclic amines) is 2. The summed E-state index contributed by atoms with van der Waals surface area (Å²) in [4.78, 5) is 26.2. The van der Waals surface area contributed by atoms with Crippen LogP contribution in [0, 0.1) is 11.8 Å². The monoisotopic (exact) mass is 270 g/mol. The van der Waals surface area contributed by atoms with Crippen LogP contribution in [0.2, 0.25) is 0 Å². The summed E-state index contributed by atoms with van der Waals surface area (Å²) in [6.45, 7) is 11.2. The Morgan fingerprint density at radius 3 is 2.26 bits per heavy atom. The molecule has 1 atom stereocenters. The summed E-state index contributed by atoms with van der Waals surface area (Å²) >= 11 is 0. The zero-order chi connectivity index (χ0) is 14.4. The van der Waals surface area contributed by atoms with Crippen molar-refractivity contribution in [2.75, 3.05) is 32.8 Å². The fourth-order valence-corrected chi connectivity index (χ4v) is 2.31. The van der Waals surface area contributed by atoms with Crippen molar-refractivity contribution in [3.63, 3.8) is 0 Å². The van der Waals surface area contributed by atoms with Gasteiger partial charge in [0.1, 0.15) is 0 Å². The largest absolute Gasteiger partial charge is 0.449 e. The van der Waals surface area contributed by atoms with Crippen LogP contribution in [0.1, 0.15) is 34.1 Å². The molecular weight excluding hydrogens is 244 g/mol. The lowest BCUT2D eigenvalue weighted by Crippen LogP contribution is -2.51. The van der Waals surface area contributed by atoms with E-state index in [1.54, 1.807) is 16.7 Å². The number of amides is 2. The molecule has 5 nitrogen and oxygen atoms in total. The molecular formula is C14H26N2O3. The second-order valence-electron chi connectivity index (χ2n) is 5.21. The maximum atomic E-state index is 11.7. The summed E-state index contributed by atoms with van der Waals surface area (Å²) in [5.74, 6) is 1.00. The van der Waals surface area contributed by atoms with E-state index in [4.69, 9.17) is 4.74 Å². The summed E-state index contributed by atoms with van der Waals surface area (Å²) in [5.41, 5.74) is 0. The van der Waals surface area contributed by atoms with Crippen LogP contribution in [0.25, 0.3) is 0 Å². The van der Waals surface area contributed by atoms with Crippen LogP contribution >= 0.6 is 0 Å². The number of carbonyl (C=O) groups excluding carboxylic acids is 2. The van der Waals surface area contributed by atoms with E-state index in [0.717, 1.165) is 32.6 Å². The van der Waals surface area contributed by atoms with E-state index in [1.165, 1.54) is 0 Å². The molecule has 0 N–H and O–H groups in total. The molecule has 0 aromatic rings. The quantitative estimate of drug-likeness (QED) is 0.771. The Hall–Kier alpha value is -1.26. The lowest BCUT2D eigenvalue weighted by Gasteiger charge is -2.38. The predicted octanol–water partition coefficient (Wildman–Crippen LogP) is 1.97. The molecule has 2 aliphatic rings. The van der Waals surface area contributed by atoms with E-state index in [2.05, 4.69) is 6.92 Å². The molecule has 2 amide bonds. The van der Waals surface area contributed by atoms with Crippen LogP contribution in [0.15, 0.2) is 0 Å². The van der Waals surface area contributed by atoms with E-state index >= 15 is 0 Å². The molecule has 2 rings (SSSR count). The van der Waals surface area contributed by atoms with Crippen LogP contribution in [0.4, 0.5) is 4.79 Å². The van der Waals surface area contributed by atoms with Crippen LogP contribution in [-0.2, 0) is 9.53 Å². The topological polar surface area (TPSA) is 49.9 Å². The Bertz CT molecular complexity index is 314. The Labute approximate surface area is 115 Å². The first-order valence-electron chi connectivity index (χ1n) is 7.23. The molecule has 0 bridgehead atoms. The van der Waals surface area contributed by atoms with Gasteiger partial charge in [-0.15, -0.1) is 0 Å². The Morgan fingerprint density at radius 2 is 1.79 bits per heavy atom. The van der Waals surface area contributed by atoms with Gasteiger partial charge in [-0.25, -0.2) is 4.79 Å². The van der Waals surface area contributed by atoms with Crippen LogP contribution in [-0.4, -0.2) is 54.6 Å². The third kappa shape index (κ3) is 4.40. The average Bonchev–Trinajstić information content (AvgIpc) is 2.76. The van der Waals surface area contributed by atoms with Crippen molar-refractivity contribution in [3.05, 3.63) is 0 Å². The molecule has 0 aromatic heterocycles. The summed E-state index contributed by atoms with van der Waals surface area (Å²) in [6.07, 6.45) is 0.868. The van der Waals surface area contributed by atoms with Crippen molar-refractivity contribution in [1.82, 2.24) is 9.80 Å². The van der Waals surface area contributed by atoms with Crippen molar-refractivity contribution >= 4 is 12.0 Å². The van der Waals surface area contributed by atoms with E-state index in [-0.39, 0.29) is 12.0 Å². The highest BCUT2D eigenvalue weighted by Crippen LogP contribution is 2.18. The molecule has 5 heteroatoms. The third-order valence-electron chi connectivity index (χ3n) is 3.53. The summed E-state index contributed by atoms with van der Waals surface area (Å²) in [5, 5.41) is 0. The molecule has 0 aromatic carbocycles. The first-order chi connectivity index (χ1) is 9.06. The van der Waals surface area contributed by atoms with Gasteiger partial charge in [-0.3, -0.25) is 4.79 Å². The van der Waals surface area contributed by atoms with Gasteiger partial charge >= 0.3 is 6.09 Å². The number of nitrogens with zero attached hydrogens (tertiary/aromatic N) is 2. The minimum absolute atomic E-state index is 0.0981. The SMILES string of the molecule is CC.CC(=O)N1CC(COC(=O)N2CCC(C)C2)C1. The van der Waals surface area contributed by atoms with Gasteiger partial charge < -0.3 is 14.5 Å². The molecule has 2 saturated heterocycles. The minimum atomic E-state index is -0.198. The van der Waals surface area contributed by atoms with Crippen LogP contribution < -0.4 is 0 Å². The maximum absolute atomic E-state index is 11.7. The van der Waals surface area contributed by atoms with E-state index < -0.39 is 0 Å². The second-order valence-corrected chi connectivity index (χ2v) is 5.21. The highest BCUT2D eigenvalue weighted by Gasteiger charge is 2.31. The smallest absolute Gasteiger partial charge is 0.409 e. The number of rotatable bonds is 2. The van der Waals surface area contributed by atoms with E-state index in [9.17, 15) is 9.59 Å². The van der Waals surface area contributed by atoms with Crippen molar-refractivity contribution < 1.29 is 14.3 Å². The summed E-state index contributed by atoms with van der Waals surface area (Å²) in [6, 6.07) is 0. The number of carbonyl (C=O) groups is 2. The van der Waals surface area contributed by atoms with Gasteiger partial charge in [-0.05, 0) is 12.3 Å². The Balaban J connectivity index is 0.000000861. The molecule has 0 spiro atoms. The van der Waals surface area contributed by atoms with Crippen molar-refractivity contribution in [3.8, 4) is 0 Å². The lowest BCUT2D eigenvalue weighted by molar-refractivity contribution is -0.136. The highest BCUT2D eigenvalue weighted by molar-refractivity contribution is 5.74. The van der Waals surface area contributed by atoms with Gasteiger partial charge in [0.15, 0.2) is 0 Å². The molecule has 0 saturated carbocycles. The minimum Gasteiger partial charge on any atom is -0.449 e. The fourth-order valence-electron chi connectivity index (χ4n) is 2.31. The normalized spacial score (nSPS) is 22.4. The first kappa shape index (κ1) is 15.8. The summed E-state index contributed by atoms with van der Waals surface area (Å²) < 4.78 is 5.26. The molecule has 1 unspecified atom stereocenters. The molecule has 2 fully saturated rings. The molecule has 19 heavy (non-hydrogen) atoms. The second kappa shape index (κ2) is 7.36. The number of ether oxygens (including phenoxy) is 1. The fraction of sp³-hybridized carbons (Fsp3) is 0.857. The summed E-state index contributed by atoms with van der Waals surface area (Å²) in [7, 11) is 0. The zero-order valence-corrected chi connectivity index (χ0v) is 12.5. The average molecular weight is 270 g/mol. The maximum Gasteiger partial charge on any atom is 0.409 e. The van der Waals surface area contributed by atoms with Crippen LogP contribution in [0.5, 0.6) is 0 Å². The molecule has 110 valence electrons. The van der Waals surface area contributed by atoms with Gasteiger partial charge in [0.05, 0.1) is 6.61 Å². The molecule has 0 radical (unpaired) electrons. The van der Waals surface area contributed by atoms with E-state index in [1.807, 2.05) is 13.8 Å². The van der Waals surface area contributed by atoms with Gasteiger partial charge in [0.25, 0.3) is 0 Å². The molecule has 2 aliphatic heterocycles. The molecule has 0 aliphatic carbocycles. The van der Waals surface area contributed by atoms with Gasteiger partial charge in [0.2, 0.25) is 5.91 Å². The highest BCUT2D eigenvalue weighted by atomic mass is 16.6. The third-order valence-corrected chi connectivity index (χ3v) is 3.53. The molecule has 2 heterocycles. The number of hydrogen-bond donors (Lipinski definition) is 0. The van der Waals surface area contributed by atoms with Crippen molar-refractivity contribution in [1.29, 1.82) is 0 Å². The van der Waals surface area contributed by atoms with Gasteiger partial charge in [-0.1, -0.05) is 20.8 Å². The lowest BCUT2D eigenvalue weighted by atomic mass is 10.0. The zero-order valence-electron chi connectivity index (χ0n) is 12.5. The van der Waals surface area contributed by atoms with Crippen LogP contribution in [0.3, 0.4) is 0 Å². The van der Waals surface area contributed by atoms with Gasteiger partial charge in [0, 0.05) is 39.0 Å². The van der Waals surface area contributed by atoms with Crippen molar-refractivity contribution in [2.45, 2.75) is 34.1 Å². The van der Waals surface area contributed by atoms with E-state index in [0.29, 0.717) is 18.4 Å². The number of hydrogen-bond acceptors (Lipinski definition) is 3.